The number of nitrogens with one attached hydrogen (secondary N) is 3. The van der Waals surface area contributed by atoms with Crippen molar-refractivity contribution in [2.75, 3.05) is 11.9 Å². The van der Waals surface area contributed by atoms with Crippen LogP contribution >= 0.6 is 0 Å². The highest BCUT2D eigenvalue weighted by atomic mass is 32.2. The maximum Gasteiger partial charge on any atom is 0.240 e. The molecule has 3 aromatic carbocycles. The lowest BCUT2D eigenvalue weighted by molar-refractivity contribution is -0.116. The van der Waals surface area contributed by atoms with E-state index < -0.39 is 10.0 Å². The first-order chi connectivity index (χ1) is 15.3. The molecule has 0 spiro atoms. The number of hydrogen-bond acceptors (Lipinski definition) is 4. The minimum atomic E-state index is -3.68. The first-order valence-corrected chi connectivity index (χ1v) is 11.7. The topological polar surface area (TPSA) is 104 Å². The Morgan fingerprint density at radius 1 is 1.00 bits per heavy atom. The van der Waals surface area contributed by atoms with Crippen molar-refractivity contribution in [3.8, 4) is 11.4 Å². The van der Waals surface area contributed by atoms with E-state index in [9.17, 15) is 13.2 Å². The maximum absolute atomic E-state index is 12.6. The second-order valence-electron chi connectivity index (χ2n) is 7.65. The molecule has 7 nitrogen and oxygen atoms in total. The Balaban J connectivity index is 1.38. The number of nitrogens with zero attached hydrogens (tertiary/aromatic N) is 1. The minimum absolute atomic E-state index is 0.00477. The summed E-state index contributed by atoms with van der Waals surface area (Å²) in [4.78, 5) is 20.5. The number of aromatic amines is 1. The molecule has 8 heteroatoms. The van der Waals surface area contributed by atoms with Crippen molar-refractivity contribution < 1.29 is 13.2 Å². The number of rotatable bonds is 7. The lowest BCUT2D eigenvalue weighted by Crippen LogP contribution is -2.28. The van der Waals surface area contributed by atoms with Crippen LogP contribution in [0.5, 0.6) is 0 Å². The summed E-state index contributed by atoms with van der Waals surface area (Å²) in [7, 11) is -3.68. The summed E-state index contributed by atoms with van der Waals surface area (Å²) in [5.41, 5.74) is 4.79. The fourth-order valence-electron chi connectivity index (χ4n) is 3.43. The molecule has 0 aliphatic carbocycles. The fourth-order valence-corrected chi connectivity index (χ4v) is 4.79. The normalized spacial score (nSPS) is 11.6. The highest BCUT2D eigenvalue weighted by Crippen LogP contribution is 2.23. The quantitative estimate of drug-likeness (QED) is 0.395. The van der Waals surface area contributed by atoms with Gasteiger partial charge in [0, 0.05) is 24.2 Å². The molecule has 0 saturated heterocycles. The third-order valence-electron chi connectivity index (χ3n) is 5.09. The molecule has 32 heavy (non-hydrogen) atoms. The number of para-hydroxylation sites is 2. The molecule has 4 aromatic rings. The van der Waals surface area contributed by atoms with Gasteiger partial charge in [-0.15, -0.1) is 0 Å². The molecular weight excluding hydrogens is 424 g/mol. The van der Waals surface area contributed by atoms with Gasteiger partial charge in [-0.25, -0.2) is 18.1 Å². The molecule has 0 unspecified atom stereocenters. The zero-order chi connectivity index (χ0) is 22.7. The first kappa shape index (κ1) is 21.7. The Morgan fingerprint density at radius 3 is 2.62 bits per heavy atom. The molecule has 1 aromatic heterocycles. The number of aryl methyl sites for hydroxylation is 2. The molecule has 0 fully saturated rings. The number of benzene rings is 3. The summed E-state index contributed by atoms with van der Waals surface area (Å²) in [5, 5.41) is 2.82. The van der Waals surface area contributed by atoms with Crippen molar-refractivity contribution in [2.45, 2.75) is 25.2 Å². The highest BCUT2D eigenvalue weighted by molar-refractivity contribution is 7.89. The summed E-state index contributed by atoms with van der Waals surface area (Å²) in [6.45, 7) is 3.59. The molecule has 0 atom stereocenters. The van der Waals surface area contributed by atoms with Crippen LogP contribution in [0, 0.1) is 13.8 Å². The van der Waals surface area contributed by atoms with Crippen LogP contribution < -0.4 is 10.0 Å². The van der Waals surface area contributed by atoms with E-state index in [2.05, 4.69) is 20.0 Å². The number of aromatic nitrogens is 2. The van der Waals surface area contributed by atoms with E-state index in [-0.39, 0.29) is 23.8 Å². The number of amides is 1. The Morgan fingerprint density at radius 2 is 1.81 bits per heavy atom. The largest absolute Gasteiger partial charge is 0.338 e. The molecule has 4 rings (SSSR count). The fraction of sp³-hybridized carbons (Fsp3) is 0.167. The lowest BCUT2D eigenvalue weighted by atomic mass is 10.2. The van der Waals surface area contributed by atoms with Crippen LogP contribution in [0.15, 0.2) is 71.6 Å². The number of carbonyl (C=O) groups is 1. The van der Waals surface area contributed by atoms with Crippen LogP contribution in [0.25, 0.3) is 22.4 Å². The van der Waals surface area contributed by atoms with Crippen molar-refractivity contribution in [2.24, 2.45) is 0 Å². The molecule has 164 valence electrons. The average Bonchev–Trinajstić information content (AvgIpc) is 3.20. The molecule has 0 bridgehead atoms. The van der Waals surface area contributed by atoms with Crippen LogP contribution in [-0.4, -0.2) is 30.8 Å². The summed E-state index contributed by atoms with van der Waals surface area (Å²) >= 11 is 0. The predicted octanol–water partition coefficient (Wildman–Crippen LogP) is 4.15. The smallest absolute Gasteiger partial charge is 0.240 e. The van der Waals surface area contributed by atoms with Crippen molar-refractivity contribution in [1.29, 1.82) is 0 Å². The SMILES string of the molecule is Cc1ccc(C)c(S(=O)(=O)NCCC(=O)Nc2cccc(-c3nc4ccccc4[nH]3)c2)c1. The van der Waals surface area contributed by atoms with Gasteiger partial charge in [0.2, 0.25) is 15.9 Å². The van der Waals surface area contributed by atoms with Gasteiger partial charge in [-0.05, 0) is 55.3 Å². The first-order valence-electron chi connectivity index (χ1n) is 10.2. The Bertz CT molecular complexity index is 1360. The van der Waals surface area contributed by atoms with Gasteiger partial charge < -0.3 is 10.3 Å². The molecule has 3 N–H and O–H groups in total. The van der Waals surface area contributed by atoms with Gasteiger partial charge in [0.15, 0.2) is 0 Å². The third kappa shape index (κ3) is 4.87. The van der Waals surface area contributed by atoms with E-state index in [1.807, 2.05) is 55.5 Å². The molecule has 1 heterocycles. The number of imidazole rings is 1. The van der Waals surface area contributed by atoms with Crippen molar-refractivity contribution in [3.05, 3.63) is 77.9 Å². The van der Waals surface area contributed by atoms with E-state index in [1.54, 1.807) is 25.1 Å². The van der Waals surface area contributed by atoms with Gasteiger partial charge in [-0.3, -0.25) is 4.79 Å². The number of anilines is 1. The van der Waals surface area contributed by atoms with Gasteiger partial charge in [0.1, 0.15) is 5.82 Å². The molecule has 1 amide bonds. The second-order valence-corrected chi connectivity index (χ2v) is 9.38. The van der Waals surface area contributed by atoms with Crippen molar-refractivity contribution >= 4 is 32.7 Å². The van der Waals surface area contributed by atoms with Gasteiger partial charge in [-0.1, -0.05) is 36.4 Å². The van der Waals surface area contributed by atoms with Gasteiger partial charge in [0.05, 0.1) is 15.9 Å². The van der Waals surface area contributed by atoms with Crippen LogP contribution in [0.2, 0.25) is 0 Å². The van der Waals surface area contributed by atoms with E-state index >= 15 is 0 Å². The van der Waals surface area contributed by atoms with E-state index in [0.29, 0.717) is 17.1 Å². The van der Waals surface area contributed by atoms with Crippen LogP contribution in [0.1, 0.15) is 17.5 Å². The lowest BCUT2D eigenvalue weighted by Gasteiger charge is -2.10. The van der Waals surface area contributed by atoms with Crippen molar-refractivity contribution in [3.63, 3.8) is 0 Å². The van der Waals surface area contributed by atoms with Gasteiger partial charge in [-0.2, -0.15) is 0 Å². The Labute approximate surface area is 187 Å². The highest BCUT2D eigenvalue weighted by Gasteiger charge is 2.17. The van der Waals surface area contributed by atoms with E-state index in [4.69, 9.17) is 0 Å². The molecule has 0 aliphatic heterocycles. The predicted molar refractivity (Wildman–Crippen MR) is 126 cm³/mol. The van der Waals surface area contributed by atoms with Gasteiger partial charge >= 0.3 is 0 Å². The third-order valence-corrected chi connectivity index (χ3v) is 6.69. The minimum Gasteiger partial charge on any atom is -0.338 e. The average molecular weight is 449 g/mol. The summed E-state index contributed by atoms with van der Waals surface area (Å²) in [6.07, 6.45) is 0.0129. The number of fused-ring (bicyclic) bond motifs is 1. The summed E-state index contributed by atoms with van der Waals surface area (Å²) < 4.78 is 27.6. The zero-order valence-corrected chi connectivity index (χ0v) is 18.7. The van der Waals surface area contributed by atoms with Crippen molar-refractivity contribution in [1.82, 2.24) is 14.7 Å². The van der Waals surface area contributed by atoms with E-state index in [0.717, 1.165) is 22.2 Å². The number of carbonyl (C=O) groups excluding carboxylic acids is 1. The molecule has 0 radical (unpaired) electrons. The number of sulfonamides is 1. The standard InChI is InChI=1S/C24H24N4O3S/c1-16-10-11-17(2)22(14-16)32(30,31)25-13-12-23(29)26-19-7-5-6-18(15-19)24-27-20-8-3-4-9-21(20)28-24/h3-11,14-15,25H,12-13H2,1-2H3,(H,26,29)(H,27,28). The van der Waals surface area contributed by atoms with E-state index in [1.165, 1.54) is 0 Å². The monoisotopic (exact) mass is 448 g/mol. The number of H-pyrrole nitrogens is 1. The zero-order valence-electron chi connectivity index (χ0n) is 17.8. The summed E-state index contributed by atoms with van der Waals surface area (Å²) in [5.74, 6) is 0.430. The molecule has 0 saturated carbocycles. The molecular formula is C24H24N4O3S. The molecule has 0 aliphatic rings. The number of hydrogen-bond donors (Lipinski definition) is 3. The second kappa shape index (κ2) is 8.94. The summed E-state index contributed by atoms with van der Waals surface area (Å²) in [6, 6.07) is 20.4. The Hall–Kier alpha value is -3.49. The van der Waals surface area contributed by atoms with Gasteiger partial charge in [0.25, 0.3) is 0 Å². The van der Waals surface area contributed by atoms with Crippen LogP contribution in [-0.2, 0) is 14.8 Å². The maximum atomic E-state index is 12.6. The van der Waals surface area contributed by atoms with Crippen LogP contribution in [0.4, 0.5) is 5.69 Å². The van der Waals surface area contributed by atoms with Crippen LogP contribution in [0.3, 0.4) is 0 Å². The Kier molecular flexibility index (Phi) is 6.07.